The maximum Gasteiger partial charge on any atom is 0.573 e. The van der Waals surface area contributed by atoms with Gasteiger partial charge in [0.2, 0.25) is 0 Å². The van der Waals surface area contributed by atoms with Crippen molar-refractivity contribution in [2.45, 2.75) is 51.5 Å². The zero-order valence-electron chi connectivity index (χ0n) is 25.6. The third-order valence-corrected chi connectivity index (χ3v) is 8.09. The fraction of sp³-hybridized carbons (Fsp3) is 0.364. The molecular weight excluding hydrogens is 619 g/mol. The lowest BCUT2D eigenvalue weighted by atomic mass is 10.1. The molecule has 0 unspecified atom stereocenters. The Morgan fingerprint density at radius 2 is 1.57 bits per heavy atom. The van der Waals surface area contributed by atoms with Crippen LogP contribution in [0.1, 0.15) is 24.5 Å². The quantitative estimate of drug-likeness (QED) is 0.138. The van der Waals surface area contributed by atoms with E-state index in [2.05, 4.69) is 38.6 Å². The van der Waals surface area contributed by atoms with Crippen molar-refractivity contribution in [1.29, 1.82) is 0 Å². The minimum atomic E-state index is -4.72. The molecule has 2 atom stereocenters. The minimum Gasteiger partial charge on any atom is -0.490 e. The van der Waals surface area contributed by atoms with Crippen LogP contribution in [0.3, 0.4) is 0 Å². The number of hydrogen-bond acceptors (Lipinski definition) is 9. The van der Waals surface area contributed by atoms with Crippen molar-refractivity contribution in [3.05, 3.63) is 100 Å². The number of fused-ring (bicyclic) bond motifs is 1. The Bertz CT molecular complexity index is 1650. The van der Waals surface area contributed by atoms with Crippen LogP contribution in [0, 0.1) is 10.1 Å². The minimum absolute atomic E-state index is 0.222. The molecule has 0 aliphatic carbocycles. The number of halogens is 3. The van der Waals surface area contributed by atoms with E-state index in [4.69, 9.17) is 14.2 Å². The highest BCUT2D eigenvalue weighted by Crippen LogP contribution is 2.28. The third-order valence-electron chi connectivity index (χ3n) is 8.09. The number of aromatic nitrogens is 2. The molecule has 0 N–H and O–H groups in total. The van der Waals surface area contributed by atoms with Gasteiger partial charge in [-0.1, -0.05) is 24.3 Å². The van der Waals surface area contributed by atoms with Crippen LogP contribution >= 0.6 is 0 Å². The number of aryl methyl sites for hydroxylation is 1. The number of hydrogen-bond donors (Lipinski definition) is 0. The Balaban J connectivity index is 0.930. The lowest BCUT2D eigenvalue weighted by Crippen LogP contribution is -2.51. The molecule has 3 heterocycles. The van der Waals surface area contributed by atoms with Gasteiger partial charge in [0.15, 0.2) is 0 Å². The molecule has 0 amide bonds. The van der Waals surface area contributed by atoms with Gasteiger partial charge in [-0.25, -0.2) is 0 Å². The summed E-state index contributed by atoms with van der Waals surface area (Å²) < 4.78 is 60.2. The van der Waals surface area contributed by atoms with E-state index >= 15 is 0 Å². The summed E-state index contributed by atoms with van der Waals surface area (Å²) in [6.45, 7) is 6.84. The summed E-state index contributed by atoms with van der Waals surface area (Å²) in [7, 11) is 0. The van der Waals surface area contributed by atoms with Crippen molar-refractivity contribution in [3.8, 4) is 23.3 Å². The summed E-state index contributed by atoms with van der Waals surface area (Å²) >= 11 is 0. The van der Waals surface area contributed by atoms with Crippen molar-refractivity contribution in [1.82, 2.24) is 14.5 Å². The first-order valence-corrected chi connectivity index (χ1v) is 15.2. The molecule has 248 valence electrons. The van der Waals surface area contributed by atoms with Crippen molar-refractivity contribution in [2.24, 2.45) is 0 Å². The summed E-state index contributed by atoms with van der Waals surface area (Å²) in [5, 5.41) is 11.0. The number of nitrogens with zero attached hydrogens (tertiary/aromatic N) is 5. The van der Waals surface area contributed by atoms with Gasteiger partial charge in [-0.05, 0) is 71.5 Å². The highest BCUT2D eigenvalue weighted by atomic mass is 19.4. The van der Waals surface area contributed by atoms with Crippen molar-refractivity contribution in [2.75, 3.05) is 31.1 Å². The lowest BCUT2D eigenvalue weighted by molar-refractivity contribution is -0.389. The molecule has 2 aliphatic heterocycles. The number of imidazole rings is 1. The fourth-order valence-corrected chi connectivity index (χ4v) is 5.72. The molecule has 0 saturated carbocycles. The molecule has 2 aliphatic rings. The summed E-state index contributed by atoms with van der Waals surface area (Å²) in [4.78, 5) is 19.2. The van der Waals surface area contributed by atoms with E-state index in [0.29, 0.717) is 31.4 Å². The number of ether oxygens (including phenoxy) is 4. The molecule has 1 fully saturated rings. The van der Waals surface area contributed by atoms with Crippen LogP contribution in [0.4, 0.5) is 24.7 Å². The van der Waals surface area contributed by atoms with Gasteiger partial charge in [0.25, 0.3) is 0 Å². The Morgan fingerprint density at radius 3 is 2.26 bits per heavy atom. The van der Waals surface area contributed by atoms with E-state index in [1.54, 1.807) is 16.7 Å². The number of piperazine rings is 1. The first kappa shape index (κ1) is 32.0. The van der Waals surface area contributed by atoms with Gasteiger partial charge in [0, 0.05) is 55.9 Å². The molecule has 11 nitrogen and oxygen atoms in total. The molecule has 3 aromatic carbocycles. The molecule has 1 saturated heterocycles. The Kier molecular flexibility index (Phi) is 9.38. The number of benzene rings is 3. The third kappa shape index (κ3) is 8.44. The number of rotatable bonds is 11. The van der Waals surface area contributed by atoms with Crippen LogP contribution in [0.15, 0.2) is 79.0 Å². The van der Waals surface area contributed by atoms with Crippen molar-refractivity contribution in [3.63, 3.8) is 0 Å². The van der Waals surface area contributed by atoms with Gasteiger partial charge >= 0.3 is 18.2 Å². The first-order valence-electron chi connectivity index (χ1n) is 15.2. The highest BCUT2D eigenvalue weighted by Gasteiger charge is 2.31. The van der Waals surface area contributed by atoms with E-state index in [9.17, 15) is 23.3 Å². The highest BCUT2D eigenvalue weighted by molar-refractivity contribution is 5.50. The normalized spacial score (nSPS) is 18.3. The van der Waals surface area contributed by atoms with E-state index in [-0.39, 0.29) is 30.3 Å². The van der Waals surface area contributed by atoms with Gasteiger partial charge < -0.3 is 34.0 Å². The van der Waals surface area contributed by atoms with E-state index in [1.807, 2.05) is 36.4 Å². The zero-order valence-corrected chi connectivity index (χ0v) is 25.6. The largest absolute Gasteiger partial charge is 0.573 e. The van der Waals surface area contributed by atoms with Crippen LogP contribution in [0.5, 0.6) is 23.3 Å². The summed E-state index contributed by atoms with van der Waals surface area (Å²) in [6.07, 6.45) is -2.90. The molecule has 0 bridgehead atoms. The van der Waals surface area contributed by atoms with Gasteiger partial charge in [-0.15, -0.1) is 13.2 Å². The molecule has 47 heavy (non-hydrogen) atoms. The maximum absolute atomic E-state index is 12.3. The zero-order chi connectivity index (χ0) is 33.0. The Labute approximate surface area is 269 Å². The van der Waals surface area contributed by atoms with Crippen LogP contribution in [0.25, 0.3) is 0 Å². The van der Waals surface area contributed by atoms with Crippen LogP contribution in [-0.2, 0) is 19.7 Å². The smallest absolute Gasteiger partial charge is 0.490 e. The topological polar surface area (TPSA) is 104 Å². The van der Waals surface area contributed by atoms with E-state index in [0.717, 1.165) is 48.7 Å². The molecule has 0 radical (unpaired) electrons. The monoisotopic (exact) mass is 653 g/mol. The Hall–Kier alpha value is -4.98. The molecule has 1 aromatic heterocycles. The summed E-state index contributed by atoms with van der Waals surface area (Å²) in [6, 6.07) is 22.1. The standard InChI is InChI=1S/C33H34F3N5O6/c1-23-18-38(19-24-2-8-27(9-3-24)44-21-25-4-10-29(11-5-25)47-33(34,35)36)16-17-40(23)26-6-12-28(13-7-26)45-22-30-14-15-39-20-31(41(42)43)37-32(39)46-30/h2-13,20,23,30H,14-19,21-22H2,1H3/t23-,30+/m1/s1. The van der Waals surface area contributed by atoms with Crippen LogP contribution < -0.4 is 23.8 Å². The van der Waals surface area contributed by atoms with Crippen LogP contribution in [-0.4, -0.2) is 64.1 Å². The van der Waals surface area contributed by atoms with Crippen LogP contribution in [0.2, 0.25) is 0 Å². The summed E-state index contributed by atoms with van der Waals surface area (Å²) in [5.74, 6) is 0.921. The second-order valence-corrected chi connectivity index (χ2v) is 11.6. The fourth-order valence-electron chi connectivity index (χ4n) is 5.72. The van der Waals surface area contributed by atoms with Gasteiger partial charge in [-0.3, -0.25) is 9.47 Å². The van der Waals surface area contributed by atoms with Gasteiger partial charge in [-0.2, -0.15) is 0 Å². The number of anilines is 1. The van der Waals surface area contributed by atoms with E-state index in [1.165, 1.54) is 18.3 Å². The molecule has 6 rings (SSSR count). The van der Waals surface area contributed by atoms with Gasteiger partial charge in [0.05, 0.1) is 0 Å². The predicted octanol–water partition coefficient (Wildman–Crippen LogP) is 6.21. The van der Waals surface area contributed by atoms with E-state index < -0.39 is 11.3 Å². The second kappa shape index (κ2) is 13.8. The first-order chi connectivity index (χ1) is 22.6. The number of alkyl halides is 3. The average molecular weight is 654 g/mol. The van der Waals surface area contributed by atoms with Gasteiger partial charge in [0.1, 0.15) is 42.8 Å². The molecule has 14 heteroatoms. The average Bonchev–Trinajstić information content (AvgIpc) is 3.48. The summed E-state index contributed by atoms with van der Waals surface area (Å²) in [5.41, 5.74) is 3.02. The Morgan fingerprint density at radius 1 is 0.915 bits per heavy atom. The molecular formula is C33H34F3N5O6. The SMILES string of the molecule is C[C@@H]1CN(Cc2ccc(OCc3ccc(OC(F)(F)F)cc3)cc2)CCN1c1ccc(OC[C@@H]2CCn3cc([N+](=O)[O-])nc3O2)cc1. The predicted molar refractivity (Wildman–Crippen MR) is 166 cm³/mol. The number of nitro groups is 1. The molecule has 0 spiro atoms. The second-order valence-electron chi connectivity index (χ2n) is 11.6. The lowest BCUT2D eigenvalue weighted by Gasteiger charge is -2.41. The van der Waals surface area contributed by atoms with Crippen molar-refractivity contribution >= 4 is 11.5 Å². The molecule has 4 aromatic rings. The maximum atomic E-state index is 12.3. The van der Waals surface area contributed by atoms with Crippen molar-refractivity contribution < 1.29 is 37.0 Å².